The summed E-state index contributed by atoms with van der Waals surface area (Å²) in [6.07, 6.45) is 3.91. The number of fused-ring (bicyclic) bond motifs is 2. The fourth-order valence-electron chi connectivity index (χ4n) is 3.40. The predicted molar refractivity (Wildman–Crippen MR) is 69.2 cm³/mol. The Kier molecular flexibility index (Phi) is 3.08. The van der Waals surface area contributed by atoms with Crippen molar-refractivity contribution in [3.8, 4) is 0 Å². The van der Waals surface area contributed by atoms with Crippen LogP contribution in [-0.2, 0) is 6.42 Å². The van der Waals surface area contributed by atoms with Gasteiger partial charge in [-0.1, -0.05) is 17.7 Å². The minimum Gasteiger partial charge on any atom is -0.389 e. The zero-order valence-corrected chi connectivity index (χ0v) is 10.9. The molecule has 2 N–H and O–H groups in total. The Balaban J connectivity index is 1.83. The van der Waals surface area contributed by atoms with E-state index in [1.807, 2.05) is 0 Å². The van der Waals surface area contributed by atoms with Gasteiger partial charge in [-0.3, -0.25) is 0 Å². The van der Waals surface area contributed by atoms with Crippen LogP contribution in [0, 0.1) is 5.82 Å². The zero-order chi connectivity index (χ0) is 12.8. The molecule has 0 aromatic heterocycles. The minimum absolute atomic E-state index is 0.313. The van der Waals surface area contributed by atoms with Gasteiger partial charge in [0.15, 0.2) is 0 Å². The third-order valence-corrected chi connectivity index (χ3v) is 4.51. The van der Waals surface area contributed by atoms with E-state index in [0.29, 0.717) is 41.9 Å². The van der Waals surface area contributed by atoms with Crippen LogP contribution in [0.4, 0.5) is 4.39 Å². The Bertz CT molecular complexity index is 433. The van der Waals surface area contributed by atoms with Crippen LogP contribution in [-0.4, -0.2) is 22.8 Å². The highest BCUT2D eigenvalue weighted by molar-refractivity contribution is 6.31. The van der Waals surface area contributed by atoms with Crippen LogP contribution >= 0.6 is 11.6 Å². The normalized spacial score (nSPS) is 34.8. The molecule has 0 amide bonds. The summed E-state index contributed by atoms with van der Waals surface area (Å²) >= 11 is 6.03. The lowest BCUT2D eigenvalue weighted by atomic mass is 9.82. The molecule has 3 rings (SSSR count). The maximum absolute atomic E-state index is 13.8. The summed E-state index contributed by atoms with van der Waals surface area (Å²) < 4.78 is 13.8. The lowest BCUT2D eigenvalue weighted by Gasteiger charge is -2.37. The summed E-state index contributed by atoms with van der Waals surface area (Å²) in [6, 6.07) is 5.43. The molecule has 0 aliphatic carbocycles. The summed E-state index contributed by atoms with van der Waals surface area (Å²) in [7, 11) is 0. The number of piperidine rings is 1. The molecule has 18 heavy (non-hydrogen) atoms. The average Bonchev–Trinajstić information content (AvgIpc) is 2.64. The van der Waals surface area contributed by atoms with E-state index < -0.39 is 5.60 Å². The van der Waals surface area contributed by atoms with Gasteiger partial charge < -0.3 is 10.4 Å². The van der Waals surface area contributed by atoms with Gasteiger partial charge in [0.05, 0.1) is 5.60 Å². The lowest BCUT2D eigenvalue weighted by Crippen LogP contribution is -2.49. The van der Waals surface area contributed by atoms with Crippen LogP contribution in [0.5, 0.6) is 0 Å². The van der Waals surface area contributed by atoms with Crippen molar-refractivity contribution >= 4 is 11.6 Å². The van der Waals surface area contributed by atoms with E-state index in [1.54, 1.807) is 12.1 Å². The van der Waals surface area contributed by atoms with Gasteiger partial charge in [0.25, 0.3) is 0 Å². The van der Waals surface area contributed by atoms with Gasteiger partial charge in [-0.25, -0.2) is 4.39 Å². The quantitative estimate of drug-likeness (QED) is 0.865. The van der Waals surface area contributed by atoms with Crippen molar-refractivity contribution in [2.45, 2.75) is 49.8 Å². The van der Waals surface area contributed by atoms with Gasteiger partial charge >= 0.3 is 0 Å². The lowest BCUT2D eigenvalue weighted by molar-refractivity contribution is -0.00672. The molecule has 2 nitrogen and oxygen atoms in total. The first-order valence-corrected chi connectivity index (χ1v) is 6.85. The highest BCUT2D eigenvalue weighted by atomic mass is 35.5. The Morgan fingerprint density at radius 2 is 2.00 bits per heavy atom. The van der Waals surface area contributed by atoms with Crippen molar-refractivity contribution < 1.29 is 9.50 Å². The molecule has 2 bridgehead atoms. The van der Waals surface area contributed by atoms with E-state index in [9.17, 15) is 9.50 Å². The van der Waals surface area contributed by atoms with Crippen molar-refractivity contribution in [3.63, 3.8) is 0 Å². The Morgan fingerprint density at radius 3 is 2.61 bits per heavy atom. The van der Waals surface area contributed by atoms with Gasteiger partial charge in [-0.15, -0.1) is 0 Å². The molecule has 2 unspecified atom stereocenters. The molecule has 0 radical (unpaired) electrons. The van der Waals surface area contributed by atoms with Gasteiger partial charge in [-0.05, 0) is 37.8 Å². The van der Waals surface area contributed by atoms with Gasteiger partial charge in [-0.2, -0.15) is 0 Å². The average molecular weight is 270 g/mol. The van der Waals surface area contributed by atoms with Crippen molar-refractivity contribution in [1.29, 1.82) is 0 Å². The summed E-state index contributed by atoms with van der Waals surface area (Å²) in [6.45, 7) is 0. The number of benzene rings is 1. The second-order valence-electron chi connectivity index (χ2n) is 5.65. The predicted octanol–water partition coefficient (Wildman–Crippen LogP) is 2.67. The standard InChI is InChI=1S/C14H17ClFNO/c15-12-2-1-3-13(16)11(12)8-14(18)6-9-4-5-10(7-14)17-9/h1-3,9-10,17-18H,4-8H2. The number of halogens is 2. The summed E-state index contributed by atoms with van der Waals surface area (Å²) in [5.74, 6) is -0.318. The van der Waals surface area contributed by atoms with E-state index >= 15 is 0 Å². The molecule has 2 fully saturated rings. The molecule has 2 atom stereocenters. The smallest absolute Gasteiger partial charge is 0.127 e. The number of rotatable bonds is 2. The van der Waals surface area contributed by atoms with Crippen molar-refractivity contribution in [1.82, 2.24) is 5.32 Å². The topological polar surface area (TPSA) is 32.3 Å². The largest absolute Gasteiger partial charge is 0.389 e. The first kappa shape index (κ1) is 12.4. The van der Waals surface area contributed by atoms with Gasteiger partial charge in [0.1, 0.15) is 5.82 Å². The molecule has 1 aromatic rings. The summed E-state index contributed by atoms with van der Waals surface area (Å²) in [5, 5.41) is 14.6. The summed E-state index contributed by atoms with van der Waals surface area (Å²) in [5.41, 5.74) is -0.369. The Morgan fingerprint density at radius 1 is 1.33 bits per heavy atom. The second-order valence-corrected chi connectivity index (χ2v) is 6.05. The molecular weight excluding hydrogens is 253 g/mol. The number of aliphatic hydroxyl groups is 1. The molecule has 0 spiro atoms. The third-order valence-electron chi connectivity index (χ3n) is 4.16. The molecular formula is C14H17ClFNO. The molecule has 0 saturated carbocycles. The van der Waals surface area contributed by atoms with Gasteiger partial charge in [0, 0.05) is 29.1 Å². The van der Waals surface area contributed by atoms with Crippen molar-refractivity contribution in [2.24, 2.45) is 0 Å². The fourth-order valence-corrected chi connectivity index (χ4v) is 3.63. The molecule has 4 heteroatoms. The van der Waals surface area contributed by atoms with E-state index in [2.05, 4.69) is 5.32 Å². The van der Waals surface area contributed by atoms with E-state index in [1.165, 1.54) is 6.07 Å². The van der Waals surface area contributed by atoms with Crippen LogP contribution in [0.2, 0.25) is 5.02 Å². The second kappa shape index (κ2) is 4.48. The van der Waals surface area contributed by atoms with E-state index in [0.717, 1.165) is 12.8 Å². The van der Waals surface area contributed by atoms with Crippen LogP contribution in [0.1, 0.15) is 31.2 Å². The van der Waals surface area contributed by atoms with Crippen molar-refractivity contribution in [3.05, 3.63) is 34.6 Å². The van der Waals surface area contributed by atoms with Gasteiger partial charge in [0.2, 0.25) is 0 Å². The van der Waals surface area contributed by atoms with Crippen LogP contribution in [0.15, 0.2) is 18.2 Å². The highest BCUT2D eigenvalue weighted by Gasteiger charge is 2.42. The number of nitrogens with one attached hydrogen (secondary N) is 1. The first-order valence-electron chi connectivity index (χ1n) is 6.47. The van der Waals surface area contributed by atoms with E-state index in [4.69, 9.17) is 11.6 Å². The first-order chi connectivity index (χ1) is 8.56. The monoisotopic (exact) mass is 269 g/mol. The zero-order valence-electron chi connectivity index (χ0n) is 10.1. The maximum atomic E-state index is 13.8. The highest BCUT2D eigenvalue weighted by Crippen LogP contribution is 2.37. The Labute approximate surface area is 111 Å². The molecule has 2 aliphatic heterocycles. The van der Waals surface area contributed by atoms with Crippen molar-refractivity contribution in [2.75, 3.05) is 0 Å². The van der Waals surface area contributed by atoms with Crippen LogP contribution in [0.3, 0.4) is 0 Å². The Hall–Kier alpha value is -0.640. The SMILES string of the molecule is OC1(Cc2c(F)cccc2Cl)CC2CCC(C1)N2. The molecule has 98 valence electrons. The number of hydrogen-bond donors (Lipinski definition) is 2. The van der Waals surface area contributed by atoms with Crippen LogP contribution in [0.25, 0.3) is 0 Å². The summed E-state index contributed by atoms with van der Waals surface area (Å²) in [4.78, 5) is 0. The molecule has 2 aliphatic rings. The molecule has 1 aromatic carbocycles. The maximum Gasteiger partial charge on any atom is 0.127 e. The fraction of sp³-hybridized carbons (Fsp3) is 0.571. The molecule has 2 heterocycles. The van der Waals surface area contributed by atoms with Crippen LogP contribution < -0.4 is 5.32 Å². The minimum atomic E-state index is -0.817. The number of hydrogen-bond acceptors (Lipinski definition) is 2. The van der Waals surface area contributed by atoms with E-state index in [-0.39, 0.29) is 5.82 Å². The third kappa shape index (κ3) is 2.27. The molecule has 2 saturated heterocycles.